The zero-order valence-corrected chi connectivity index (χ0v) is 22.1. The van der Waals surface area contributed by atoms with Crippen LogP contribution in [0.15, 0.2) is 30.5 Å². The fourth-order valence-electron chi connectivity index (χ4n) is 3.81. The molecule has 11 nitrogen and oxygen atoms in total. The standard InChI is InChI=1S/C25H37N5O6S/c1-4-14(2)21(24(34)29-20(13-31)23(33)28-19(25(35)36)9-10-37-3)30-22(32)17(26)11-15-12-27-18-8-6-5-7-16(15)18/h5-8,12,14,17,19-21,27,31H,4,9-11,13,26H2,1-3H3,(H,28,33)(H,29,34)(H,30,32)(H,35,36). The number of carbonyl (C=O) groups excluding carboxylic acids is 3. The van der Waals surface area contributed by atoms with Gasteiger partial charge in [0.15, 0.2) is 0 Å². The largest absolute Gasteiger partial charge is 0.480 e. The molecule has 1 aromatic carbocycles. The lowest BCUT2D eigenvalue weighted by Gasteiger charge is -2.27. The molecule has 0 aliphatic heterocycles. The quantitative estimate of drug-likeness (QED) is 0.170. The second-order valence-corrected chi connectivity index (χ2v) is 9.95. The molecule has 0 saturated heterocycles. The molecule has 2 aromatic rings. The Bertz CT molecular complexity index is 1080. The molecule has 1 aromatic heterocycles. The molecule has 204 valence electrons. The molecule has 0 spiro atoms. The van der Waals surface area contributed by atoms with Crippen LogP contribution in [0.1, 0.15) is 32.3 Å². The molecule has 0 saturated carbocycles. The molecule has 8 N–H and O–H groups in total. The Kier molecular flexibility index (Phi) is 11.9. The van der Waals surface area contributed by atoms with Crippen LogP contribution in [0.25, 0.3) is 10.9 Å². The van der Waals surface area contributed by atoms with Crippen LogP contribution in [0.5, 0.6) is 0 Å². The number of rotatable bonds is 15. The Labute approximate surface area is 220 Å². The average Bonchev–Trinajstić information content (AvgIpc) is 3.29. The third kappa shape index (κ3) is 8.48. The third-order valence-electron chi connectivity index (χ3n) is 6.29. The van der Waals surface area contributed by atoms with Crippen LogP contribution >= 0.6 is 11.8 Å². The molecule has 5 unspecified atom stereocenters. The molecule has 3 amide bonds. The Morgan fingerprint density at radius 2 is 1.73 bits per heavy atom. The van der Waals surface area contributed by atoms with Crippen molar-refractivity contribution in [2.75, 3.05) is 18.6 Å². The van der Waals surface area contributed by atoms with Gasteiger partial charge in [-0.1, -0.05) is 38.5 Å². The molecule has 1 heterocycles. The van der Waals surface area contributed by atoms with Gasteiger partial charge >= 0.3 is 5.97 Å². The summed E-state index contributed by atoms with van der Waals surface area (Å²) in [6, 6.07) is 3.16. The molecule has 2 rings (SSSR count). The first-order valence-electron chi connectivity index (χ1n) is 12.2. The molecule has 37 heavy (non-hydrogen) atoms. The van der Waals surface area contributed by atoms with Crippen molar-refractivity contribution < 1.29 is 29.4 Å². The van der Waals surface area contributed by atoms with Crippen molar-refractivity contribution in [2.24, 2.45) is 11.7 Å². The first kappa shape index (κ1) is 30.1. The minimum atomic E-state index is -1.38. The molecule has 0 aliphatic rings. The maximum absolute atomic E-state index is 13.1. The summed E-state index contributed by atoms with van der Waals surface area (Å²) in [5.41, 5.74) is 7.96. The number of hydrogen-bond acceptors (Lipinski definition) is 7. The monoisotopic (exact) mass is 535 g/mol. The Morgan fingerprint density at radius 1 is 1.05 bits per heavy atom. The Balaban J connectivity index is 2.06. The summed E-state index contributed by atoms with van der Waals surface area (Å²) in [4.78, 5) is 53.2. The maximum Gasteiger partial charge on any atom is 0.326 e. The van der Waals surface area contributed by atoms with Crippen LogP contribution in [0.2, 0.25) is 0 Å². The molecule has 12 heteroatoms. The lowest BCUT2D eigenvalue weighted by atomic mass is 9.97. The van der Waals surface area contributed by atoms with Gasteiger partial charge in [0.05, 0.1) is 12.6 Å². The molecule has 0 radical (unpaired) electrons. The van der Waals surface area contributed by atoms with Crippen LogP contribution in [0, 0.1) is 5.92 Å². The van der Waals surface area contributed by atoms with E-state index in [0.717, 1.165) is 16.5 Å². The molecule has 0 bridgehead atoms. The van der Waals surface area contributed by atoms with Gasteiger partial charge in [0.25, 0.3) is 0 Å². The van der Waals surface area contributed by atoms with Crippen molar-refractivity contribution in [3.8, 4) is 0 Å². The van der Waals surface area contributed by atoms with Crippen LogP contribution in [-0.2, 0) is 25.6 Å². The number of fused-ring (bicyclic) bond motifs is 1. The van der Waals surface area contributed by atoms with Crippen molar-refractivity contribution in [1.82, 2.24) is 20.9 Å². The molecule has 5 atom stereocenters. The van der Waals surface area contributed by atoms with Gasteiger partial charge in [0.1, 0.15) is 18.1 Å². The van der Waals surface area contributed by atoms with E-state index in [1.165, 1.54) is 11.8 Å². The number of nitrogens with one attached hydrogen (secondary N) is 4. The number of benzene rings is 1. The number of thioether (sulfide) groups is 1. The first-order valence-corrected chi connectivity index (χ1v) is 13.6. The van der Waals surface area contributed by atoms with Gasteiger partial charge < -0.3 is 36.9 Å². The second-order valence-electron chi connectivity index (χ2n) is 8.97. The lowest BCUT2D eigenvalue weighted by Crippen LogP contribution is -2.59. The number of nitrogens with two attached hydrogens (primary N) is 1. The van der Waals surface area contributed by atoms with Crippen LogP contribution in [0.4, 0.5) is 0 Å². The van der Waals surface area contributed by atoms with E-state index < -0.39 is 54.5 Å². The molecule has 0 fully saturated rings. The van der Waals surface area contributed by atoms with Gasteiger partial charge in [-0.15, -0.1) is 0 Å². The number of amides is 3. The molecular weight excluding hydrogens is 498 g/mol. The number of aliphatic hydroxyl groups excluding tert-OH is 1. The summed E-state index contributed by atoms with van der Waals surface area (Å²) in [5.74, 6) is -3.03. The topological polar surface area (TPSA) is 187 Å². The summed E-state index contributed by atoms with van der Waals surface area (Å²) in [7, 11) is 0. The summed E-state index contributed by atoms with van der Waals surface area (Å²) in [6.45, 7) is 2.88. The van der Waals surface area contributed by atoms with Gasteiger partial charge in [0.2, 0.25) is 17.7 Å². The highest BCUT2D eigenvalue weighted by Crippen LogP contribution is 2.19. The normalized spacial score (nSPS) is 15.3. The number of hydrogen-bond donors (Lipinski definition) is 7. The van der Waals surface area contributed by atoms with Crippen molar-refractivity contribution in [3.63, 3.8) is 0 Å². The number of aliphatic hydroxyl groups is 1. The number of carbonyl (C=O) groups is 4. The predicted molar refractivity (Wildman–Crippen MR) is 143 cm³/mol. The zero-order chi connectivity index (χ0) is 27.5. The summed E-state index contributed by atoms with van der Waals surface area (Å²) in [5, 5.41) is 27.5. The predicted octanol–water partition coefficient (Wildman–Crippen LogP) is 0.368. The van der Waals surface area contributed by atoms with Crippen molar-refractivity contribution in [1.29, 1.82) is 0 Å². The highest BCUT2D eigenvalue weighted by molar-refractivity contribution is 7.98. The van der Waals surface area contributed by atoms with Crippen LogP contribution in [0.3, 0.4) is 0 Å². The van der Waals surface area contributed by atoms with Gasteiger partial charge in [-0.05, 0) is 42.4 Å². The molecule has 0 aliphatic carbocycles. The number of aromatic nitrogens is 1. The Hall–Kier alpha value is -3.09. The van der Waals surface area contributed by atoms with Crippen LogP contribution < -0.4 is 21.7 Å². The number of para-hydroxylation sites is 1. The number of aliphatic carboxylic acids is 1. The fraction of sp³-hybridized carbons (Fsp3) is 0.520. The van der Waals surface area contributed by atoms with Crippen molar-refractivity contribution in [3.05, 3.63) is 36.0 Å². The first-order chi connectivity index (χ1) is 17.6. The van der Waals surface area contributed by atoms with Crippen LogP contribution in [-0.4, -0.2) is 81.7 Å². The van der Waals surface area contributed by atoms with Gasteiger partial charge in [-0.2, -0.15) is 11.8 Å². The van der Waals surface area contributed by atoms with E-state index >= 15 is 0 Å². The smallest absolute Gasteiger partial charge is 0.326 e. The third-order valence-corrected chi connectivity index (χ3v) is 6.93. The van der Waals surface area contributed by atoms with E-state index in [-0.39, 0.29) is 18.8 Å². The minimum Gasteiger partial charge on any atom is -0.480 e. The summed E-state index contributed by atoms with van der Waals surface area (Å²) >= 11 is 1.43. The number of carboxylic acid groups (broad SMARTS) is 1. The lowest BCUT2D eigenvalue weighted by molar-refractivity contribution is -0.142. The number of carboxylic acids is 1. The average molecular weight is 536 g/mol. The van der Waals surface area contributed by atoms with Crippen molar-refractivity contribution >= 4 is 46.4 Å². The van der Waals surface area contributed by atoms with Gasteiger partial charge in [-0.3, -0.25) is 14.4 Å². The SMILES string of the molecule is CCC(C)C(NC(=O)C(N)Cc1c[nH]c2ccccc12)C(=O)NC(CO)C(=O)NC(CCSC)C(=O)O. The van der Waals surface area contributed by atoms with E-state index in [4.69, 9.17) is 5.73 Å². The maximum atomic E-state index is 13.1. The highest BCUT2D eigenvalue weighted by atomic mass is 32.2. The molecular formula is C25H37N5O6S. The van der Waals surface area contributed by atoms with Gasteiger partial charge in [0, 0.05) is 17.1 Å². The highest BCUT2D eigenvalue weighted by Gasteiger charge is 2.32. The number of aromatic amines is 1. The number of H-pyrrole nitrogens is 1. The van der Waals surface area contributed by atoms with E-state index in [1.807, 2.05) is 37.4 Å². The fourth-order valence-corrected chi connectivity index (χ4v) is 4.28. The van der Waals surface area contributed by atoms with Crippen molar-refractivity contribution in [2.45, 2.75) is 57.3 Å². The second kappa shape index (κ2) is 14.6. The van der Waals surface area contributed by atoms with E-state index in [0.29, 0.717) is 12.2 Å². The van der Waals surface area contributed by atoms with E-state index in [9.17, 15) is 29.4 Å². The summed E-state index contributed by atoms with van der Waals surface area (Å²) < 4.78 is 0. The van der Waals surface area contributed by atoms with Gasteiger partial charge in [-0.25, -0.2) is 4.79 Å². The summed E-state index contributed by atoms with van der Waals surface area (Å²) in [6.07, 6.45) is 4.59. The van der Waals surface area contributed by atoms with E-state index in [1.54, 1.807) is 13.1 Å². The Morgan fingerprint density at radius 3 is 2.35 bits per heavy atom. The zero-order valence-electron chi connectivity index (χ0n) is 21.3. The minimum absolute atomic E-state index is 0.189. The van der Waals surface area contributed by atoms with E-state index in [2.05, 4.69) is 20.9 Å².